The van der Waals surface area contributed by atoms with Gasteiger partial charge in [-0.3, -0.25) is 14.4 Å². The van der Waals surface area contributed by atoms with Crippen molar-refractivity contribution in [3.05, 3.63) is 0 Å². The summed E-state index contributed by atoms with van der Waals surface area (Å²) in [6.45, 7) is 2.06. The first kappa shape index (κ1) is 19.2. The lowest BCUT2D eigenvalue weighted by atomic mass is 10.1. The number of amides is 2. The SMILES string of the molecule is C[C@@H](OC(=O)[C@H]1CC(=O)N(C2CCCC2)C1)C(=O)NC1CCCCCC1. The Morgan fingerprint density at radius 2 is 1.65 bits per heavy atom. The quantitative estimate of drug-likeness (QED) is 0.601. The summed E-state index contributed by atoms with van der Waals surface area (Å²) < 4.78 is 5.40. The Kier molecular flexibility index (Phi) is 6.54. The molecule has 146 valence electrons. The van der Waals surface area contributed by atoms with E-state index in [2.05, 4.69) is 5.32 Å². The lowest BCUT2D eigenvalue weighted by molar-refractivity contribution is -0.158. The lowest BCUT2D eigenvalue weighted by Crippen LogP contribution is -2.42. The van der Waals surface area contributed by atoms with E-state index < -0.39 is 18.0 Å². The van der Waals surface area contributed by atoms with Gasteiger partial charge in [-0.2, -0.15) is 0 Å². The van der Waals surface area contributed by atoms with Gasteiger partial charge in [0.05, 0.1) is 5.92 Å². The van der Waals surface area contributed by atoms with E-state index >= 15 is 0 Å². The van der Waals surface area contributed by atoms with E-state index in [9.17, 15) is 14.4 Å². The fourth-order valence-corrected chi connectivity index (χ4v) is 4.52. The third-order valence-electron chi connectivity index (χ3n) is 6.12. The molecule has 0 aromatic rings. The van der Waals surface area contributed by atoms with Gasteiger partial charge in [-0.15, -0.1) is 0 Å². The fraction of sp³-hybridized carbons (Fsp3) is 0.850. The molecule has 3 rings (SSSR count). The minimum absolute atomic E-state index is 0.0504. The molecule has 3 fully saturated rings. The number of hydrogen-bond donors (Lipinski definition) is 1. The number of nitrogens with zero attached hydrogens (tertiary/aromatic N) is 1. The summed E-state index contributed by atoms with van der Waals surface area (Å²) in [5.74, 6) is -1.02. The first-order valence-corrected chi connectivity index (χ1v) is 10.3. The van der Waals surface area contributed by atoms with E-state index in [0.29, 0.717) is 6.54 Å². The molecule has 6 nitrogen and oxygen atoms in total. The summed E-state index contributed by atoms with van der Waals surface area (Å²) in [5.41, 5.74) is 0. The second-order valence-electron chi connectivity index (χ2n) is 8.16. The number of rotatable bonds is 5. The highest BCUT2D eigenvalue weighted by molar-refractivity contribution is 5.89. The fourth-order valence-electron chi connectivity index (χ4n) is 4.52. The standard InChI is InChI=1S/C20H32N2O4/c1-14(19(24)21-16-8-4-2-3-5-9-16)26-20(25)15-12-18(23)22(13-15)17-10-6-7-11-17/h14-17H,2-13H2,1H3,(H,21,24)/t14-,15+/m1/s1. The summed E-state index contributed by atoms with van der Waals surface area (Å²) in [5, 5.41) is 3.02. The predicted octanol–water partition coefficient (Wildman–Crippen LogP) is 2.55. The van der Waals surface area contributed by atoms with Crippen LogP contribution in [-0.2, 0) is 19.1 Å². The Hall–Kier alpha value is -1.59. The van der Waals surface area contributed by atoms with Crippen LogP contribution in [0.4, 0.5) is 0 Å². The van der Waals surface area contributed by atoms with Crippen LogP contribution in [0.3, 0.4) is 0 Å². The maximum Gasteiger partial charge on any atom is 0.312 e. The average molecular weight is 364 g/mol. The molecular weight excluding hydrogens is 332 g/mol. The molecule has 1 heterocycles. The van der Waals surface area contributed by atoms with Gasteiger partial charge in [0.25, 0.3) is 5.91 Å². The molecule has 0 aromatic heterocycles. The van der Waals surface area contributed by atoms with Gasteiger partial charge in [-0.1, -0.05) is 38.5 Å². The van der Waals surface area contributed by atoms with Crippen LogP contribution in [0.2, 0.25) is 0 Å². The van der Waals surface area contributed by atoms with Crippen molar-refractivity contribution in [2.45, 2.75) is 95.7 Å². The molecule has 0 radical (unpaired) electrons. The molecule has 2 saturated carbocycles. The van der Waals surface area contributed by atoms with Gasteiger partial charge >= 0.3 is 5.97 Å². The van der Waals surface area contributed by atoms with Crippen molar-refractivity contribution in [1.82, 2.24) is 10.2 Å². The first-order chi connectivity index (χ1) is 12.5. The number of esters is 1. The Balaban J connectivity index is 1.46. The molecule has 1 saturated heterocycles. The molecule has 2 amide bonds. The second-order valence-corrected chi connectivity index (χ2v) is 8.16. The van der Waals surface area contributed by atoms with Gasteiger partial charge < -0.3 is 15.0 Å². The summed E-state index contributed by atoms with van der Waals surface area (Å²) >= 11 is 0. The first-order valence-electron chi connectivity index (χ1n) is 10.3. The average Bonchev–Trinajstić information content (AvgIpc) is 3.19. The predicted molar refractivity (Wildman–Crippen MR) is 97.3 cm³/mol. The van der Waals surface area contributed by atoms with Gasteiger partial charge in [0.1, 0.15) is 0 Å². The van der Waals surface area contributed by atoms with E-state index in [0.717, 1.165) is 51.4 Å². The lowest BCUT2D eigenvalue weighted by Gasteiger charge is -2.24. The number of carbonyl (C=O) groups is 3. The number of likely N-dealkylation sites (tertiary alicyclic amines) is 1. The van der Waals surface area contributed by atoms with Gasteiger partial charge in [0.15, 0.2) is 6.10 Å². The van der Waals surface area contributed by atoms with E-state index in [1.165, 1.54) is 12.8 Å². The van der Waals surface area contributed by atoms with Crippen LogP contribution in [0.5, 0.6) is 0 Å². The molecule has 0 spiro atoms. The topological polar surface area (TPSA) is 75.7 Å². The molecule has 3 aliphatic rings. The van der Waals surface area contributed by atoms with Crippen molar-refractivity contribution in [1.29, 1.82) is 0 Å². The summed E-state index contributed by atoms with van der Waals surface area (Å²) in [4.78, 5) is 38.9. The molecule has 0 bridgehead atoms. The normalized spacial score (nSPS) is 26.6. The van der Waals surface area contributed by atoms with Crippen molar-refractivity contribution in [3.8, 4) is 0 Å². The number of ether oxygens (including phenoxy) is 1. The summed E-state index contributed by atoms with van der Waals surface area (Å²) in [6, 6.07) is 0.480. The highest BCUT2D eigenvalue weighted by Crippen LogP contribution is 2.30. The maximum absolute atomic E-state index is 12.4. The van der Waals surface area contributed by atoms with Gasteiger partial charge in [-0.25, -0.2) is 0 Å². The van der Waals surface area contributed by atoms with Gasteiger partial charge in [0, 0.05) is 25.0 Å². The Morgan fingerprint density at radius 1 is 1.04 bits per heavy atom. The van der Waals surface area contributed by atoms with Crippen LogP contribution < -0.4 is 5.32 Å². The van der Waals surface area contributed by atoms with Crippen LogP contribution in [0, 0.1) is 5.92 Å². The van der Waals surface area contributed by atoms with E-state index in [1.54, 1.807) is 6.92 Å². The number of nitrogens with one attached hydrogen (secondary N) is 1. The number of carbonyl (C=O) groups excluding carboxylic acids is 3. The van der Waals surface area contributed by atoms with Crippen molar-refractivity contribution < 1.29 is 19.1 Å². The zero-order valence-corrected chi connectivity index (χ0v) is 15.9. The third kappa shape index (κ3) is 4.77. The molecule has 0 aromatic carbocycles. The third-order valence-corrected chi connectivity index (χ3v) is 6.12. The summed E-state index contributed by atoms with van der Waals surface area (Å²) in [7, 11) is 0. The minimum Gasteiger partial charge on any atom is -0.452 e. The molecule has 26 heavy (non-hydrogen) atoms. The smallest absolute Gasteiger partial charge is 0.312 e. The molecule has 6 heteroatoms. The second kappa shape index (κ2) is 8.87. The van der Waals surface area contributed by atoms with Crippen LogP contribution in [0.15, 0.2) is 0 Å². The number of hydrogen-bond acceptors (Lipinski definition) is 4. The molecule has 2 aliphatic carbocycles. The highest BCUT2D eigenvalue weighted by Gasteiger charge is 2.40. The maximum atomic E-state index is 12.4. The molecule has 1 N–H and O–H groups in total. The Morgan fingerprint density at radius 3 is 2.31 bits per heavy atom. The highest BCUT2D eigenvalue weighted by atomic mass is 16.5. The van der Waals surface area contributed by atoms with E-state index in [1.807, 2.05) is 4.90 Å². The van der Waals surface area contributed by atoms with Crippen LogP contribution >= 0.6 is 0 Å². The van der Waals surface area contributed by atoms with Crippen molar-refractivity contribution in [2.75, 3.05) is 6.54 Å². The molecule has 2 atom stereocenters. The minimum atomic E-state index is -0.804. The molecule has 1 aliphatic heterocycles. The molecular formula is C20H32N2O4. The van der Waals surface area contributed by atoms with Crippen LogP contribution in [0.25, 0.3) is 0 Å². The van der Waals surface area contributed by atoms with E-state index in [4.69, 9.17) is 4.74 Å². The van der Waals surface area contributed by atoms with Crippen molar-refractivity contribution in [2.24, 2.45) is 5.92 Å². The van der Waals surface area contributed by atoms with Crippen LogP contribution in [0.1, 0.15) is 77.6 Å². The van der Waals surface area contributed by atoms with Crippen molar-refractivity contribution >= 4 is 17.8 Å². The van der Waals surface area contributed by atoms with E-state index in [-0.39, 0.29) is 30.3 Å². The zero-order valence-electron chi connectivity index (χ0n) is 15.9. The zero-order chi connectivity index (χ0) is 18.5. The largest absolute Gasteiger partial charge is 0.452 e. The molecule has 0 unspecified atom stereocenters. The summed E-state index contributed by atoms with van der Waals surface area (Å²) in [6.07, 6.45) is 10.5. The van der Waals surface area contributed by atoms with Crippen molar-refractivity contribution in [3.63, 3.8) is 0 Å². The van der Waals surface area contributed by atoms with Gasteiger partial charge in [-0.05, 0) is 32.6 Å². The Labute approximate surface area is 156 Å². The van der Waals surface area contributed by atoms with Gasteiger partial charge in [0.2, 0.25) is 5.91 Å². The van der Waals surface area contributed by atoms with Crippen LogP contribution in [-0.4, -0.2) is 47.4 Å². The monoisotopic (exact) mass is 364 g/mol. The Bertz CT molecular complexity index is 522.